The third-order valence-electron chi connectivity index (χ3n) is 2.14. The Kier molecular flexibility index (Phi) is 5.92. The maximum atomic E-state index is 11.4. The van der Waals surface area contributed by atoms with Gasteiger partial charge in [0.15, 0.2) is 9.84 Å². The van der Waals surface area contributed by atoms with Gasteiger partial charge in [0, 0.05) is 21.7 Å². The fraction of sp³-hybridized carbons (Fsp3) is 0.400. The summed E-state index contributed by atoms with van der Waals surface area (Å²) in [5.74, 6) is 0.129. The minimum Gasteiger partial charge on any atom is -0.390 e. The molecule has 0 heterocycles. The van der Waals surface area contributed by atoms with Crippen LogP contribution in [-0.2, 0) is 9.84 Å². The normalized spacial score (nSPS) is 13.4. The average Bonchev–Trinajstić information content (AvgIpc) is 2.26. The molecule has 0 saturated heterocycles. The summed E-state index contributed by atoms with van der Waals surface area (Å²) in [6.07, 6.45) is 0.478. The number of nitrogens with one attached hydrogen (secondary N) is 1. The van der Waals surface area contributed by atoms with Crippen LogP contribution in [0.15, 0.2) is 26.0 Å². The number of rotatable bonds is 5. The molecule has 102 valence electrons. The number of aliphatic hydroxyl groups excluding tert-OH is 1. The Morgan fingerprint density at radius 2 is 1.89 bits per heavy atom. The molecule has 4 nitrogen and oxygen atoms in total. The zero-order chi connectivity index (χ0) is 13.9. The van der Waals surface area contributed by atoms with Crippen molar-refractivity contribution in [3.8, 4) is 0 Å². The second-order valence-electron chi connectivity index (χ2n) is 3.72. The third kappa shape index (κ3) is 4.38. The van der Waals surface area contributed by atoms with Gasteiger partial charge in [-0.2, -0.15) is 0 Å². The van der Waals surface area contributed by atoms with Gasteiger partial charge in [-0.05, 0) is 44.0 Å². The number of halogens is 3. The minimum atomic E-state index is -3.26. The van der Waals surface area contributed by atoms with Crippen LogP contribution in [0.3, 0.4) is 0 Å². The molecular weight excluding hydrogens is 409 g/mol. The Hall–Kier alpha value is 0.180. The summed E-state index contributed by atoms with van der Waals surface area (Å²) in [5, 5.41) is 12.4. The van der Waals surface area contributed by atoms with Crippen molar-refractivity contribution in [1.29, 1.82) is 0 Å². The first-order valence-corrected chi connectivity index (χ1v) is 8.94. The van der Waals surface area contributed by atoms with E-state index in [2.05, 4.69) is 37.2 Å². The number of aliphatic hydroxyl groups is 1. The molecule has 0 aliphatic rings. The highest BCUT2D eigenvalue weighted by atomic mass is 79.9. The van der Waals surface area contributed by atoms with Gasteiger partial charge < -0.3 is 10.4 Å². The van der Waals surface area contributed by atoms with Crippen LogP contribution in [0.25, 0.3) is 0 Å². The van der Waals surface area contributed by atoms with Gasteiger partial charge in [-0.15, -0.1) is 11.6 Å². The molecule has 0 aliphatic carbocycles. The molecule has 0 saturated carbocycles. The van der Waals surface area contributed by atoms with Gasteiger partial charge in [-0.3, -0.25) is 0 Å². The zero-order valence-electron chi connectivity index (χ0n) is 9.45. The molecule has 0 aliphatic heterocycles. The highest BCUT2D eigenvalue weighted by molar-refractivity contribution is 9.11. The lowest BCUT2D eigenvalue weighted by Gasteiger charge is -2.14. The molecule has 0 fully saturated rings. The van der Waals surface area contributed by atoms with Crippen LogP contribution in [-0.4, -0.2) is 38.3 Å². The summed E-state index contributed by atoms with van der Waals surface area (Å²) in [5.41, 5.74) is 0.673. The molecule has 0 radical (unpaired) electrons. The predicted octanol–water partition coefficient (Wildman–Crippen LogP) is 2.63. The molecule has 2 N–H and O–H groups in total. The minimum absolute atomic E-state index is 0.129. The van der Waals surface area contributed by atoms with Gasteiger partial charge in [-0.25, -0.2) is 8.42 Å². The van der Waals surface area contributed by atoms with E-state index >= 15 is 0 Å². The number of sulfone groups is 1. The molecule has 18 heavy (non-hydrogen) atoms. The molecule has 0 amide bonds. The predicted molar refractivity (Wildman–Crippen MR) is 80.2 cm³/mol. The van der Waals surface area contributed by atoms with E-state index in [1.807, 2.05) is 0 Å². The van der Waals surface area contributed by atoms with Crippen LogP contribution in [0.5, 0.6) is 0 Å². The van der Waals surface area contributed by atoms with Crippen molar-refractivity contribution in [2.75, 3.05) is 24.0 Å². The molecule has 1 aromatic rings. The van der Waals surface area contributed by atoms with E-state index in [9.17, 15) is 13.5 Å². The fourth-order valence-corrected chi connectivity index (χ4v) is 3.75. The molecule has 8 heteroatoms. The maximum absolute atomic E-state index is 11.4. The van der Waals surface area contributed by atoms with Gasteiger partial charge in [-0.1, -0.05) is 0 Å². The SMILES string of the molecule is CS(=O)(=O)c1cc(Br)c(NCC(O)CCl)c(Br)c1. The third-order valence-corrected chi connectivity index (χ3v) is 4.84. The van der Waals surface area contributed by atoms with E-state index in [1.54, 1.807) is 0 Å². The summed E-state index contributed by atoms with van der Waals surface area (Å²) < 4.78 is 24.1. The molecule has 1 aromatic carbocycles. The Morgan fingerprint density at radius 1 is 1.39 bits per heavy atom. The molecule has 1 unspecified atom stereocenters. The van der Waals surface area contributed by atoms with Crippen molar-refractivity contribution in [2.45, 2.75) is 11.0 Å². The molecule has 0 spiro atoms. The van der Waals surface area contributed by atoms with Crippen LogP contribution in [0.1, 0.15) is 0 Å². The van der Waals surface area contributed by atoms with Gasteiger partial charge in [0.25, 0.3) is 0 Å². The lowest BCUT2D eigenvalue weighted by molar-refractivity contribution is 0.211. The van der Waals surface area contributed by atoms with E-state index in [0.29, 0.717) is 14.6 Å². The molecule has 1 rings (SSSR count). The molecule has 0 bridgehead atoms. The first-order chi connectivity index (χ1) is 8.25. The second kappa shape index (κ2) is 6.56. The number of hydrogen-bond donors (Lipinski definition) is 2. The monoisotopic (exact) mass is 419 g/mol. The van der Waals surface area contributed by atoms with Gasteiger partial charge in [0.1, 0.15) is 0 Å². The zero-order valence-corrected chi connectivity index (χ0v) is 14.2. The Morgan fingerprint density at radius 3 is 2.28 bits per heavy atom. The van der Waals surface area contributed by atoms with E-state index in [1.165, 1.54) is 12.1 Å². The Labute approximate surface area is 128 Å². The quantitative estimate of drug-likeness (QED) is 0.718. The van der Waals surface area contributed by atoms with Crippen molar-refractivity contribution in [2.24, 2.45) is 0 Å². The van der Waals surface area contributed by atoms with E-state index < -0.39 is 15.9 Å². The van der Waals surface area contributed by atoms with E-state index in [-0.39, 0.29) is 17.3 Å². The summed E-state index contributed by atoms with van der Waals surface area (Å²) in [7, 11) is -3.26. The first-order valence-electron chi connectivity index (χ1n) is 4.92. The lowest BCUT2D eigenvalue weighted by Crippen LogP contribution is -2.21. The van der Waals surface area contributed by atoms with Crippen molar-refractivity contribution in [3.05, 3.63) is 21.1 Å². The Bertz CT molecular complexity index is 513. The number of hydrogen-bond acceptors (Lipinski definition) is 4. The number of anilines is 1. The van der Waals surface area contributed by atoms with Crippen molar-refractivity contribution >= 4 is 59.0 Å². The van der Waals surface area contributed by atoms with Crippen molar-refractivity contribution < 1.29 is 13.5 Å². The summed E-state index contributed by atoms with van der Waals surface area (Å²) in [4.78, 5) is 0.213. The molecular formula is C10H12Br2ClNO3S. The maximum Gasteiger partial charge on any atom is 0.175 e. The molecule has 1 atom stereocenters. The largest absolute Gasteiger partial charge is 0.390 e. The van der Waals surface area contributed by atoms with Crippen LogP contribution >= 0.6 is 43.5 Å². The fourth-order valence-electron chi connectivity index (χ4n) is 1.21. The lowest BCUT2D eigenvalue weighted by atomic mass is 10.3. The summed E-state index contributed by atoms with van der Waals surface area (Å²) >= 11 is 12.1. The first kappa shape index (κ1) is 16.2. The van der Waals surface area contributed by atoms with Crippen LogP contribution < -0.4 is 5.32 Å². The summed E-state index contributed by atoms with van der Waals surface area (Å²) in [6, 6.07) is 3.02. The molecule has 0 aromatic heterocycles. The van der Waals surface area contributed by atoms with Gasteiger partial charge in [0.05, 0.1) is 22.6 Å². The van der Waals surface area contributed by atoms with Crippen LogP contribution in [0.4, 0.5) is 5.69 Å². The number of alkyl halides is 1. The average molecular weight is 422 g/mol. The van der Waals surface area contributed by atoms with Crippen molar-refractivity contribution in [3.63, 3.8) is 0 Å². The second-order valence-corrected chi connectivity index (χ2v) is 7.76. The summed E-state index contributed by atoms with van der Waals surface area (Å²) in [6.45, 7) is 0.277. The van der Waals surface area contributed by atoms with Gasteiger partial charge >= 0.3 is 0 Å². The topological polar surface area (TPSA) is 66.4 Å². The standard InChI is InChI=1S/C10H12Br2ClNO3S/c1-18(16,17)7-2-8(11)10(9(12)3-7)14-5-6(15)4-13/h2-3,6,14-15H,4-5H2,1H3. The van der Waals surface area contributed by atoms with Crippen LogP contribution in [0, 0.1) is 0 Å². The van der Waals surface area contributed by atoms with Gasteiger partial charge in [0.2, 0.25) is 0 Å². The Balaban J connectivity index is 3.02. The van der Waals surface area contributed by atoms with E-state index in [4.69, 9.17) is 11.6 Å². The van der Waals surface area contributed by atoms with Crippen LogP contribution in [0.2, 0.25) is 0 Å². The van der Waals surface area contributed by atoms with Crippen molar-refractivity contribution in [1.82, 2.24) is 0 Å². The number of benzene rings is 1. The van der Waals surface area contributed by atoms with E-state index in [0.717, 1.165) is 6.26 Å². The highest BCUT2D eigenvalue weighted by Crippen LogP contribution is 2.33. The smallest absolute Gasteiger partial charge is 0.175 e. The highest BCUT2D eigenvalue weighted by Gasteiger charge is 2.14.